The molecule has 8 nitrogen and oxygen atoms in total. The summed E-state index contributed by atoms with van der Waals surface area (Å²) in [6, 6.07) is 7.17. The number of carbonyl (C=O) groups is 1. The van der Waals surface area contributed by atoms with E-state index in [0.29, 0.717) is 17.3 Å². The highest BCUT2D eigenvalue weighted by Gasteiger charge is 2.36. The number of nitrogens with one attached hydrogen (secondary N) is 2. The minimum atomic E-state index is -0.197. The van der Waals surface area contributed by atoms with Gasteiger partial charge in [-0.2, -0.15) is 10.2 Å². The molecular weight excluding hydrogens is 318 g/mol. The second-order valence-electron chi connectivity index (χ2n) is 6.10. The molecule has 0 bridgehead atoms. The zero-order chi connectivity index (χ0) is 17.2. The van der Waals surface area contributed by atoms with Crippen LogP contribution in [0.15, 0.2) is 36.8 Å². The molecule has 1 aliphatic rings. The van der Waals surface area contributed by atoms with Crippen LogP contribution in [0.1, 0.15) is 42.1 Å². The third kappa shape index (κ3) is 3.15. The maximum atomic E-state index is 12.7. The van der Waals surface area contributed by atoms with E-state index in [2.05, 4.69) is 30.6 Å². The number of rotatable bonds is 6. The number of aromatic amines is 1. The van der Waals surface area contributed by atoms with Gasteiger partial charge >= 0.3 is 0 Å². The van der Waals surface area contributed by atoms with Gasteiger partial charge in [0.25, 0.3) is 5.91 Å². The Morgan fingerprint density at radius 2 is 2.24 bits per heavy atom. The largest absolute Gasteiger partial charge is 0.340 e. The molecule has 1 fully saturated rings. The van der Waals surface area contributed by atoms with Gasteiger partial charge in [-0.15, -0.1) is 0 Å². The molecule has 4 rings (SSSR count). The zero-order valence-corrected chi connectivity index (χ0v) is 13.9. The first-order chi connectivity index (χ1) is 12.3. The molecule has 0 aromatic carbocycles. The molecule has 2 N–H and O–H groups in total. The van der Waals surface area contributed by atoms with Crippen LogP contribution in [0.2, 0.25) is 0 Å². The number of pyridine rings is 1. The lowest BCUT2D eigenvalue weighted by Crippen LogP contribution is -2.32. The lowest BCUT2D eigenvalue weighted by molar-refractivity contribution is 0.0923. The Morgan fingerprint density at radius 3 is 2.96 bits per heavy atom. The molecule has 8 heteroatoms. The molecule has 1 saturated carbocycles. The number of aryl methyl sites for hydroxylation is 1. The fraction of sp³-hybridized carbons (Fsp3) is 0.353. The normalized spacial score (nSPS) is 15.1. The highest BCUT2D eigenvalue weighted by Crippen LogP contribution is 2.40. The fourth-order valence-electron chi connectivity index (χ4n) is 2.88. The van der Waals surface area contributed by atoms with Crippen molar-refractivity contribution in [2.45, 2.75) is 32.4 Å². The number of amides is 1. The summed E-state index contributed by atoms with van der Waals surface area (Å²) in [5, 5.41) is 14.3. The molecule has 128 valence electrons. The minimum Gasteiger partial charge on any atom is -0.340 e. The number of carbonyl (C=O) groups excluding carboxylic acids is 1. The zero-order valence-electron chi connectivity index (χ0n) is 13.9. The lowest BCUT2D eigenvalue weighted by atomic mass is 10.1. The van der Waals surface area contributed by atoms with Crippen molar-refractivity contribution in [1.29, 1.82) is 0 Å². The van der Waals surface area contributed by atoms with Gasteiger partial charge in [-0.25, -0.2) is 9.67 Å². The number of H-pyrrole nitrogens is 1. The van der Waals surface area contributed by atoms with Gasteiger partial charge in [-0.3, -0.25) is 14.9 Å². The summed E-state index contributed by atoms with van der Waals surface area (Å²) in [4.78, 5) is 21.3. The quantitative estimate of drug-likeness (QED) is 0.716. The Morgan fingerprint density at radius 1 is 1.36 bits per heavy atom. The molecule has 0 radical (unpaired) electrons. The van der Waals surface area contributed by atoms with Crippen molar-refractivity contribution in [1.82, 2.24) is 35.3 Å². The van der Waals surface area contributed by atoms with Gasteiger partial charge < -0.3 is 5.32 Å². The number of aromatic nitrogens is 6. The second kappa shape index (κ2) is 6.46. The Kier molecular flexibility index (Phi) is 4.01. The molecule has 0 aliphatic heterocycles. The second-order valence-corrected chi connectivity index (χ2v) is 6.10. The van der Waals surface area contributed by atoms with Gasteiger partial charge in [-0.05, 0) is 43.9 Å². The number of hydrogen-bond donors (Lipinski definition) is 2. The van der Waals surface area contributed by atoms with Crippen molar-refractivity contribution < 1.29 is 4.79 Å². The van der Waals surface area contributed by atoms with Crippen LogP contribution in [0.25, 0.3) is 11.4 Å². The average Bonchev–Trinajstić information content (AvgIpc) is 3.18. The van der Waals surface area contributed by atoms with Crippen LogP contribution in [0, 0.1) is 5.92 Å². The summed E-state index contributed by atoms with van der Waals surface area (Å²) >= 11 is 0. The van der Waals surface area contributed by atoms with Crippen molar-refractivity contribution >= 4 is 5.91 Å². The van der Waals surface area contributed by atoms with E-state index in [1.165, 1.54) is 6.33 Å². The Bertz CT molecular complexity index is 866. The summed E-state index contributed by atoms with van der Waals surface area (Å²) < 4.78 is 1.83. The molecule has 0 saturated heterocycles. The van der Waals surface area contributed by atoms with E-state index in [1.54, 1.807) is 12.3 Å². The molecule has 25 heavy (non-hydrogen) atoms. The predicted octanol–water partition coefficient (Wildman–Crippen LogP) is 1.96. The van der Waals surface area contributed by atoms with Gasteiger partial charge in [0, 0.05) is 12.7 Å². The SMILES string of the molecule is CCn1ncnc1[C@@H](NC(=O)c1cc(-c2ccccn2)n[nH]1)C1CC1. The van der Waals surface area contributed by atoms with Crippen molar-refractivity contribution in [3.8, 4) is 11.4 Å². The Balaban J connectivity index is 1.54. The minimum absolute atomic E-state index is 0.128. The molecule has 0 unspecified atom stereocenters. The van der Waals surface area contributed by atoms with E-state index in [-0.39, 0.29) is 11.9 Å². The molecule has 3 aromatic rings. The van der Waals surface area contributed by atoms with Crippen molar-refractivity contribution in [3.63, 3.8) is 0 Å². The van der Waals surface area contributed by atoms with Crippen LogP contribution < -0.4 is 5.32 Å². The van der Waals surface area contributed by atoms with Crippen LogP contribution in [-0.2, 0) is 6.54 Å². The topological polar surface area (TPSA) is 101 Å². The fourth-order valence-corrected chi connectivity index (χ4v) is 2.88. The van der Waals surface area contributed by atoms with E-state index in [9.17, 15) is 4.79 Å². The number of hydrogen-bond acceptors (Lipinski definition) is 5. The van der Waals surface area contributed by atoms with Crippen molar-refractivity contribution in [3.05, 3.63) is 48.3 Å². The van der Waals surface area contributed by atoms with Gasteiger partial charge in [0.05, 0.1) is 11.7 Å². The smallest absolute Gasteiger partial charge is 0.269 e. The Hall–Kier alpha value is -3.03. The van der Waals surface area contributed by atoms with Crippen LogP contribution in [0.3, 0.4) is 0 Å². The van der Waals surface area contributed by atoms with Gasteiger partial charge in [0.1, 0.15) is 23.5 Å². The standard InChI is InChI=1S/C17H19N7O/c1-2-24-16(19-10-20-24)15(11-6-7-11)21-17(25)14-9-13(22-23-14)12-5-3-4-8-18-12/h3-5,8-11,15H,2,6-7H2,1H3,(H,21,25)(H,22,23)/t15-/m0/s1. The summed E-state index contributed by atoms with van der Waals surface area (Å²) in [6.07, 6.45) is 5.41. The third-order valence-corrected chi connectivity index (χ3v) is 4.35. The number of nitrogens with zero attached hydrogens (tertiary/aromatic N) is 5. The van der Waals surface area contributed by atoms with Crippen LogP contribution in [-0.4, -0.2) is 35.9 Å². The summed E-state index contributed by atoms with van der Waals surface area (Å²) in [5.74, 6) is 1.02. The van der Waals surface area contributed by atoms with E-state index in [1.807, 2.05) is 29.8 Å². The molecule has 1 amide bonds. The summed E-state index contributed by atoms with van der Waals surface area (Å²) in [6.45, 7) is 2.74. The maximum Gasteiger partial charge on any atom is 0.269 e. The van der Waals surface area contributed by atoms with Gasteiger partial charge in [0.15, 0.2) is 0 Å². The third-order valence-electron chi connectivity index (χ3n) is 4.35. The van der Waals surface area contributed by atoms with Gasteiger partial charge in [-0.1, -0.05) is 6.07 Å². The molecule has 3 aromatic heterocycles. The van der Waals surface area contributed by atoms with Crippen molar-refractivity contribution in [2.24, 2.45) is 5.92 Å². The van der Waals surface area contributed by atoms with Crippen LogP contribution >= 0.6 is 0 Å². The molecule has 3 heterocycles. The Labute approximate surface area is 144 Å². The van der Waals surface area contributed by atoms with Crippen LogP contribution in [0.4, 0.5) is 0 Å². The summed E-state index contributed by atoms with van der Waals surface area (Å²) in [5.41, 5.74) is 1.78. The molecule has 0 spiro atoms. The average molecular weight is 337 g/mol. The predicted molar refractivity (Wildman–Crippen MR) is 90.4 cm³/mol. The first kappa shape index (κ1) is 15.5. The van der Waals surface area contributed by atoms with E-state index < -0.39 is 0 Å². The first-order valence-electron chi connectivity index (χ1n) is 8.41. The van der Waals surface area contributed by atoms with E-state index in [4.69, 9.17) is 0 Å². The van der Waals surface area contributed by atoms with E-state index >= 15 is 0 Å². The molecular formula is C17H19N7O. The maximum absolute atomic E-state index is 12.7. The van der Waals surface area contributed by atoms with Gasteiger partial charge in [0.2, 0.25) is 0 Å². The van der Waals surface area contributed by atoms with Crippen molar-refractivity contribution in [2.75, 3.05) is 0 Å². The molecule has 1 aliphatic carbocycles. The highest BCUT2D eigenvalue weighted by molar-refractivity contribution is 5.93. The lowest BCUT2D eigenvalue weighted by Gasteiger charge is -2.17. The summed E-state index contributed by atoms with van der Waals surface area (Å²) in [7, 11) is 0. The first-order valence-corrected chi connectivity index (χ1v) is 8.41. The molecule has 1 atom stereocenters. The van der Waals surface area contributed by atoms with Crippen LogP contribution in [0.5, 0.6) is 0 Å². The van der Waals surface area contributed by atoms with E-state index in [0.717, 1.165) is 30.9 Å². The monoisotopic (exact) mass is 337 g/mol. The highest BCUT2D eigenvalue weighted by atomic mass is 16.2.